The lowest BCUT2D eigenvalue weighted by Crippen LogP contribution is -2.38. The molecule has 0 aromatic carbocycles. The van der Waals surface area contributed by atoms with Crippen molar-refractivity contribution in [2.45, 2.75) is 44.7 Å². The number of aryl methyl sites for hydroxylation is 1. The number of nitriles is 1. The number of unbranched alkanes of at least 4 members (excludes halogenated alkanes) is 2. The van der Waals surface area contributed by atoms with Gasteiger partial charge in [0.1, 0.15) is 12.2 Å². The molecule has 86 valence electrons. The topological polar surface area (TPSA) is 66.5 Å². The number of hydrogen-bond acceptors (Lipinski definition) is 4. The molecule has 0 aliphatic carbocycles. The Morgan fingerprint density at radius 1 is 1.56 bits per heavy atom. The fourth-order valence-electron chi connectivity index (χ4n) is 2.04. The van der Waals surface area contributed by atoms with Crippen LogP contribution in [0.25, 0.3) is 0 Å². The summed E-state index contributed by atoms with van der Waals surface area (Å²) in [4.78, 5) is 4.20. The van der Waals surface area contributed by atoms with E-state index in [1.807, 2.05) is 4.68 Å². The molecule has 0 unspecified atom stereocenters. The standard InChI is InChI=1S/C11H17N5/c12-6-2-1-3-7-13-10-4-5-11-14-9-15-16(11)8-10/h9-10,13H,1-5,7-8H2/t10-/m1/s1. The first-order valence-corrected chi connectivity index (χ1v) is 5.87. The monoisotopic (exact) mass is 219 g/mol. The van der Waals surface area contributed by atoms with Crippen LogP contribution in [0.2, 0.25) is 0 Å². The number of fused-ring (bicyclic) bond motifs is 1. The van der Waals surface area contributed by atoms with Gasteiger partial charge in [-0.15, -0.1) is 0 Å². The Morgan fingerprint density at radius 3 is 3.38 bits per heavy atom. The van der Waals surface area contributed by atoms with Crippen molar-refractivity contribution in [1.29, 1.82) is 5.26 Å². The van der Waals surface area contributed by atoms with Crippen LogP contribution in [0.5, 0.6) is 0 Å². The molecule has 0 saturated heterocycles. The molecule has 0 amide bonds. The maximum atomic E-state index is 8.41. The maximum Gasteiger partial charge on any atom is 0.138 e. The van der Waals surface area contributed by atoms with Crippen LogP contribution in [0, 0.1) is 11.3 Å². The second-order valence-electron chi connectivity index (χ2n) is 4.16. The zero-order chi connectivity index (χ0) is 11.2. The number of rotatable bonds is 5. The van der Waals surface area contributed by atoms with Crippen LogP contribution in [0.4, 0.5) is 0 Å². The lowest BCUT2D eigenvalue weighted by Gasteiger charge is -2.23. The third-order valence-electron chi connectivity index (χ3n) is 2.95. The summed E-state index contributed by atoms with van der Waals surface area (Å²) >= 11 is 0. The van der Waals surface area contributed by atoms with Crippen LogP contribution in [0.1, 0.15) is 31.5 Å². The van der Waals surface area contributed by atoms with Crippen molar-refractivity contribution >= 4 is 0 Å². The fourth-order valence-corrected chi connectivity index (χ4v) is 2.04. The molecule has 1 N–H and O–H groups in total. The Kier molecular flexibility index (Phi) is 3.89. The summed E-state index contributed by atoms with van der Waals surface area (Å²) in [6.07, 6.45) is 6.51. The second kappa shape index (κ2) is 5.61. The van der Waals surface area contributed by atoms with Crippen LogP contribution >= 0.6 is 0 Å². The Bertz CT molecular complexity index is 365. The summed E-state index contributed by atoms with van der Waals surface area (Å²) in [6, 6.07) is 2.68. The van der Waals surface area contributed by atoms with E-state index in [4.69, 9.17) is 5.26 Å². The first-order chi connectivity index (χ1) is 7.90. The van der Waals surface area contributed by atoms with E-state index in [-0.39, 0.29) is 0 Å². The molecule has 1 atom stereocenters. The van der Waals surface area contributed by atoms with E-state index in [0.717, 1.165) is 44.6 Å². The zero-order valence-corrected chi connectivity index (χ0v) is 9.39. The predicted molar refractivity (Wildman–Crippen MR) is 59.6 cm³/mol. The van der Waals surface area contributed by atoms with E-state index in [2.05, 4.69) is 21.5 Å². The van der Waals surface area contributed by atoms with Gasteiger partial charge >= 0.3 is 0 Å². The first-order valence-electron chi connectivity index (χ1n) is 5.87. The lowest BCUT2D eigenvalue weighted by atomic mass is 10.1. The molecule has 0 spiro atoms. The van der Waals surface area contributed by atoms with E-state index in [1.165, 1.54) is 0 Å². The minimum Gasteiger partial charge on any atom is -0.312 e. The van der Waals surface area contributed by atoms with Crippen LogP contribution in [0.3, 0.4) is 0 Å². The van der Waals surface area contributed by atoms with Gasteiger partial charge in [-0.3, -0.25) is 0 Å². The van der Waals surface area contributed by atoms with Crippen molar-refractivity contribution in [3.63, 3.8) is 0 Å². The van der Waals surface area contributed by atoms with Crippen LogP contribution in [-0.4, -0.2) is 27.4 Å². The molecule has 0 bridgehead atoms. The summed E-state index contributed by atoms with van der Waals surface area (Å²) in [5, 5.41) is 16.1. The molecule has 16 heavy (non-hydrogen) atoms. The number of hydrogen-bond donors (Lipinski definition) is 1. The van der Waals surface area contributed by atoms with Crippen molar-refractivity contribution in [3.8, 4) is 6.07 Å². The van der Waals surface area contributed by atoms with E-state index in [0.29, 0.717) is 12.5 Å². The van der Waals surface area contributed by atoms with E-state index in [1.54, 1.807) is 6.33 Å². The van der Waals surface area contributed by atoms with Crippen LogP contribution in [0.15, 0.2) is 6.33 Å². The third-order valence-corrected chi connectivity index (χ3v) is 2.95. The third kappa shape index (κ3) is 2.80. The molecule has 0 fully saturated rings. The fraction of sp³-hybridized carbons (Fsp3) is 0.727. The van der Waals surface area contributed by atoms with Gasteiger partial charge in [-0.05, 0) is 25.8 Å². The van der Waals surface area contributed by atoms with Crippen LogP contribution in [-0.2, 0) is 13.0 Å². The van der Waals surface area contributed by atoms with Gasteiger partial charge in [-0.25, -0.2) is 9.67 Å². The SMILES string of the molecule is N#CCCCCN[C@@H]1CCc2ncnn2C1. The Hall–Kier alpha value is -1.41. The number of nitrogens with one attached hydrogen (secondary N) is 1. The molecular weight excluding hydrogens is 202 g/mol. The normalized spacial score (nSPS) is 19.1. The van der Waals surface area contributed by atoms with Gasteiger partial charge in [0.05, 0.1) is 12.6 Å². The molecule has 1 aromatic rings. The average Bonchev–Trinajstić information content (AvgIpc) is 2.76. The van der Waals surface area contributed by atoms with Gasteiger partial charge in [0.15, 0.2) is 0 Å². The van der Waals surface area contributed by atoms with Gasteiger partial charge < -0.3 is 5.32 Å². The van der Waals surface area contributed by atoms with E-state index >= 15 is 0 Å². The molecule has 2 rings (SSSR count). The smallest absolute Gasteiger partial charge is 0.138 e. The van der Waals surface area contributed by atoms with Crippen molar-refractivity contribution < 1.29 is 0 Å². The van der Waals surface area contributed by atoms with Gasteiger partial charge in [0.2, 0.25) is 0 Å². The van der Waals surface area contributed by atoms with Gasteiger partial charge in [-0.2, -0.15) is 10.4 Å². The Morgan fingerprint density at radius 2 is 2.50 bits per heavy atom. The van der Waals surface area contributed by atoms with E-state index in [9.17, 15) is 0 Å². The molecule has 5 heteroatoms. The highest BCUT2D eigenvalue weighted by Crippen LogP contribution is 2.11. The molecule has 5 nitrogen and oxygen atoms in total. The Labute approximate surface area is 95.5 Å². The number of aromatic nitrogens is 3. The highest BCUT2D eigenvalue weighted by atomic mass is 15.3. The van der Waals surface area contributed by atoms with Crippen LogP contribution < -0.4 is 5.32 Å². The summed E-state index contributed by atoms with van der Waals surface area (Å²) < 4.78 is 1.98. The molecule has 0 radical (unpaired) electrons. The highest BCUT2D eigenvalue weighted by Gasteiger charge is 2.18. The maximum absolute atomic E-state index is 8.41. The minimum absolute atomic E-state index is 0.510. The minimum atomic E-state index is 0.510. The van der Waals surface area contributed by atoms with Gasteiger partial charge in [0, 0.05) is 18.9 Å². The number of nitrogens with zero attached hydrogens (tertiary/aromatic N) is 4. The molecule has 1 aromatic heterocycles. The molecule has 2 heterocycles. The molecule has 1 aliphatic rings. The van der Waals surface area contributed by atoms with Crippen molar-refractivity contribution in [3.05, 3.63) is 12.2 Å². The molecule has 1 aliphatic heterocycles. The first kappa shape index (κ1) is 11.1. The Balaban J connectivity index is 1.67. The van der Waals surface area contributed by atoms with E-state index < -0.39 is 0 Å². The summed E-state index contributed by atoms with van der Waals surface area (Å²) in [6.45, 7) is 1.92. The summed E-state index contributed by atoms with van der Waals surface area (Å²) in [7, 11) is 0. The summed E-state index contributed by atoms with van der Waals surface area (Å²) in [5.74, 6) is 1.10. The second-order valence-corrected chi connectivity index (χ2v) is 4.16. The lowest BCUT2D eigenvalue weighted by molar-refractivity contribution is 0.357. The van der Waals surface area contributed by atoms with Crippen molar-refractivity contribution in [2.75, 3.05) is 6.54 Å². The van der Waals surface area contributed by atoms with Crippen molar-refractivity contribution in [2.24, 2.45) is 0 Å². The van der Waals surface area contributed by atoms with Crippen molar-refractivity contribution in [1.82, 2.24) is 20.1 Å². The van der Waals surface area contributed by atoms with Gasteiger partial charge in [0.25, 0.3) is 0 Å². The highest BCUT2D eigenvalue weighted by molar-refractivity contribution is 4.92. The summed E-state index contributed by atoms with van der Waals surface area (Å²) in [5.41, 5.74) is 0. The molecule has 0 saturated carbocycles. The van der Waals surface area contributed by atoms with Gasteiger partial charge in [-0.1, -0.05) is 0 Å². The quantitative estimate of drug-likeness (QED) is 0.746. The zero-order valence-electron chi connectivity index (χ0n) is 9.39. The predicted octanol–water partition coefficient (Wildman–Crippen LogP) is 0.876. The molecular formula is C11H17N5. The largest absolute Gasteiger partial charge is 0.312 e. The average molecular weight is 219 g/mol.